The average molecular weight is 487 g/mol. The zero-order chi connectivity index (χ0) is 24.5. The number of hydrogen-bond donors (Lipinski definition) is 2. The number of benzene rings is 2. The van der Waals surface area contributed by atoms with Gasteiger partial charge in [-0.05, 0) is 61.1 Å². The smallest absolute Gasteiger partial charge is 0.257 e. The van der Waals surface area contributed by atoms with Crippen LogP contribution in [0.3, 0.4) is 0 Å². The van der Waals surface area contributed by atoms with Gasteiger partial charge in [-0.15, -0.1) is 0 Å². The van der Waals surface area contributed by atoms with E-state index in [0.29, 0.717) is 37.2 Å². The summed E-state index contributed by atoms with van der Waals surface area (Å²) in [5.41, 5.74) is 2.13. The first-order valence-electron chi connectivity index (χ1n) is 10.7. The third kappa shape index (κ3) is 5.23. The Morgan fingerprint density at radius 3 is 2.38 bits per heavy atom. The van der Waals surface area contributed by atoms with Crippen molar-refractivity contribution < 1.29 is 22.0 Å². The molecule has 4 rings (SSSR count). The van der Waals surface area contributed by atoms with E-state index in [0.717, 1.165) is 5.56 Å². The molecule has 0 atom stereocenters. The standard InChI is InChI=1S/C24H24F2N4O3S/c1-15-2-7-19(12-21(15)26)29-22-13-23(34(27,32)33)28-14-20(22)24(31)30-10-8-17(9-11-30)16-3-5-18(25)6-4-16/h2-7,12-14,17H,8-11H2,1H3,(H,28,29)(H2,27,32,33). The van der Waals surface area contributed by atoms with Gasteiger partial charge in [-0.2, -0.15) is 0 Å². The molecule has 2 heterocycles. The first-order valence-corrected chi connectivity index (χ1v) is 12.3. The van der Waals surface area contributed by atoms with Gasteiger partial charge < -0.3 is 10.2 Å². The number of halogens is 2. The van der Waals surface area contributed by atoms with Crippen LogP contribution in [0.2, 0.25) is 0 Å². The van der Waals surface area contributed by atoms with Crippen molar-refractivity contribution in [2.45, 2.75) is 30.7 Å². The molecule has 0 saturated carbocycles. The van der Waals surface area contributed by atoms with Crippen LogP contribution in [-0.2, 0) is 10.0 Å². The molecule has 1 saturated heterocycles. The third-order valence-corrected chi connectivity index (χ3v) is 6.78. The number of nitrogens with two attached hydrogens (primary N) is 1. The second-order valence-electron chi connectivity index (χ2n) is 8.32. The van der Waals surface area contributed by atoms with Crippen LogP contribution in [0.5, 0.6) is 0 Å². The monoisotopic (exact) mass is 486 g/mol. The fraction of sp³-hybridized carbons (Fsp3) is 0.250. The van der Waals surface area contributed by atoms with E-state index < -0.39 is 20.9 Å². The largest absolute Gasteiger partial charge is 0.355 e. The zero-order valence-corrected chi connectivity index (χ0v) is 19.3. The van der Waals surface area contributed by atoms with Crippen LogP contribution in [0.15, 0.2) is 59.8 Å². The highest BCUT2D eigenvalue weighted by Gasteiger charge is 2.27. The second kappa shape index (κ2) is 9.47. The molecule has 178 valence electrons. The molecule has 2 aromatic carbocycles. The molecule has 10 heteroatoms. The van der Waals surface area contributed by atoms with Crippen LogP contribution >= 0.6 is 0 Å². The number of sulfonamides is 1. The van der Waals surface area contributed by atoms with E-state index in [2.05, 4.69) is 10.3 Å². The van der Waals surface area contributed by atoms with Gasteiger partial charge >= 0.3 is 0 Å². The fourth-order valence-corrected chi connectivity index (χ4v) is 4.49. The molecule has 3 N–H and O–H groups in total. The summed E-state index contributed by atoms with van der Waals surface area (Å²) in [6.45, 7) is 2.56. The van der Waals surface area contributed by atoms with Gasteiger partial charge in [-0.25, -0.2) is 27.3 Å². The summed E-state index contributed by atoms with van der Waals surface area (Å²) in [5, 5.41) is 7.74. The van der Waals surface area contributed by atoms with E-state index in [1.807, 2.05) is 0 Å². The molecular weight excluding hydrogens is 462 g/mol. The zero-order valence-electron chi connectivity index (χ0n) is 18.5. The van der Waals surface area contributed by atoms with Gasteiger partial charge in [0.1, 0.15) is 11.6 Å². The second-order valence-corrected chi connectivity index (χ2v) is 9.83. The predicted octanol–water partition coefficient (Wildman–Crippen LogP) is 4.08. The lowest BCUT2D eigenvalue weighted by atomic mass is 9.89. The van der Waals surface area contributed by atoms with Crippen molar-refractivity contribution in [3.63, 3.8) is 0 Å². The molecular formula is C24H24F2N4O3S. The number of aromatic nitrogens is 1. The Morgan fingerprint density at radius 1 is 1.09 bits per heavy atom. The maximum Gasteiger partial charge on any atom is 0.257 e. The summed E-state index contributed by atoms with van der Waals surface area (Å²) in [7, 11) is -4.12. The van der Waals surface area contributed by atoms with E-state index in [1.54, 1.807) is 36.1 Å². The minimum Gasteiger partial charge on any atom is -0.355 e. The van der Waals surface area contributed by atoms with E-state index in [9.17, 15) is 22.0 Å². The first kappa shape index (κ1) is 23.8. The van der Waals surface area contributed by atoms with Crippen molar-refractivity contribution in [1.82, 2.24) is 9.88 Å². The van der Waals surface area contributed by atoms with Crippen LogP contribution in [0.25, 0.3) is 0 Å². The number of anilines is 2. The van der Waals surface area contributed by atoms with E-state index in [-0.39, 0.29) is 28.9 Å². The molecule has 1 aliphatic rings. The quantitative estimate of drug-likeness (QED) is 0.565. The molecule has 1 amide bonds. The maximum atomic E-state index is 14.0. The van der Waals surface area contributed by atoms with Crippen molar-refractivity contribution in [2.75, 3.05) is 18.4 Å². The molecule has 3 aromatic rings. The van der Waals surface area contributed by atoms with Crippen LogP contribution in [0.4, 0.5) is 20.2 Å². The van der Waals surface area contributed by atoms with Crippen LogP contribution in [-0.4, -0.2) is 37.3 Å². The van der Waals surface area contributed by atoms with Crippen molar-refractivity contribution in [1.29, 1.82) is 0 Å². The van der Waals surface area contributed by atoms with Crippen LogP contribution in [0, 0.1) is 18.6 Å². The normalized spacial score (nSPS) is 14.8. The van der Waals surface area contributed by atoms with Gasteiger partial charge in [0, 0.05) is 31.0 Å². The average Bonchev–Trinajstić information content (AvgIpc) is 2.81. The summed E-state index contributed by atoms with van der Waals surface area (Å²) >= 11 is 0. The summed E-state index contributed by atoms with van der Waals surface area (Å²) in [4.78, 5) is 18.8. The van der Waals surface area contributed by atoms with Gasteiger partial charge in [0.15, 0.2) is 5.03 Å². The highest BCUT2D eigenvalue weighted by Crippen LogP contribution is 2.31. The minimum absolute atomic E-state index is 0.147. The Bertz CT molecular complexity index is 1320. The summed E-state index contributed by atoms with van der Waals surface area (Å²) < 4.78 is 50.9. The number of carbonyl (C=O) groups excluding carboxylic acids is 1. The van der Waals surface area contributed by atoms with Crippen molar-refractivity contribution in [3.8, 4) is 0 Å². The van der Waals surface area contributed by atoms with Crippen molar-refractivity contribution in [2.24, 2.45) is 5.14 Å². The number of aryl methyl sites for hydroxylation is 1. The molecule has 34 heavy (non-hydrogen) atoms. The number of carbonyl (C=O) groups is 1. The molecule has 0 unspecified atom stereocenters. The molecule has 0 spiro atoms. The maximum absolute atomic E-state index is 14.0. The highest BCUT2D eigenvalue weighted by molar-refractivity contribution is 7.89. The highest BCUT2D eigenvalue weighted by atomic mass is 32.2. The van der Waals surface area contributed by atoms with E-state index in [4.69, 9.17) is 5.14 Å². The molecule has 0 aliphatic carbocycles. The Labute approximate surface area is 196 Å². The number of hydrogen-bond acceptors (Lipinski definition) is 5. The fourth-order valence-electron chi connectivity index (χ4n) is 4.01. The van der Waals surface area contributed by atoms with Crippen molar-refractivity contribution in [3.05, 3.63) is 83.1 Å². The van der Waals surface area contributed by atoms with E-state index in [1.165, 1.54) is 30.5 Å². The number of nitrogens with one attached hydrogen (secondary N) is 1. The number of piperidine rings is 1. The van der Waals surface area contributed by atoms with Crippen LogP contribution in [0.1, 0.15) is 40.2 Å². The van der Waals surface area contributed by atoms with Gasteiger partial charge in [0.25, 0.3) is 15.9 Å². The summed E-state index contributed by atoms with van der Waals surface area (Å²) in [6.07, 6.45) is 2.57. The third-order valence-electron chi connectivity index (χ3n) is 5.98. The predicted molar refractivity (Wildman–Crippen MR) is 124 cm³/mol. The number of rotatable bonds is 5. The van der Waals surface area contributed by atoms with E-state index >= 15 is 0 Å². The van der Waals surface area contributed by atoms with Gasteiger partial charge in [0.05, 0.1) is 11.3 Å². The first-order chi connectivity index (χ1) is 16.1. The van der Waals surface area contributed by atoms with Gasteiger partial charge in [0.2, 0.25) is 0 Å². The van der Waals surface area contributed by atoms with Crippen molar-refractivity contribution >= 4 is 27.3 Å². The molecule has 0 bridgehead atoms. The number of nitrogens with zero attached hydrogens (tertiary/aromatic N) is 2. The number of likely N-dealkylation sites (tertiary alicyclic amines) is 1. The minimum atomic E-state index is -4.12. The number of amides is 1. The van der Waals surface area contributed by atoms with Gasteiger partial charge in [-0.3, -0.25) is 4.79 Å². The van der Waals surface area contributed by atoms with Gasteiger partial charge in [-0.1, -0.05) is 18.2 Å². The molecule has 1 fully saturated rings. The lowest BCUT2D eigenvalue weighted by Gasteiger charge is -2.32. The molecule has 1 aromatic heterocycles. The molecule has 0 radical (unpaired) electrons. The Morgan fingerprint density at radius 2 is 1.76 bits per heavy atom. The Balaban J connectivity index is 1.58. The lowest BCUT2D eigenvalue weighted by Crippen LogP contribution is -2.38. The number of pyridine rings is 1. The topological polar surface area (TPSA) is 105 Å². The summed E-state index contributed by atoms with van der Waals surface area (Å²) in [5.74, 6) is -0.858. The lowest BCUT2D eigenvalue weighted by molar-refractivity contribution is 0.0713. The van der Waals surface area contributed by atoms with Crippen LogP contribution < -0.4 is 10.5 Å². The Hall–Kier alpha value is -3.37. The number of primary sulfonamides is 1. The molecule has 1 aliphatic heterocycles. The SMILES string of the molecule is Cc1ccc(Nc2cc(S(N)(=O)=O)ncc2C(=O)N2CCC(c3ccc(F)cc3)CC2)cc1F. The molecule has 7 nitrogen and oxygen atoms in total. The Kier molecular flexibility index (Phi) is 6.63. The summed E-state index contributed by atoms with van der Waals surface area (Å²) in [6, 6.07) is 12.0.